The number of aliphatic hydroxyl groups is 2. The van der Waals surface area contributed by atoms with Crippen LogP contribution >= 0.6 is 11.6 Å². The molecular formula is C29H29ClF2N2O5S. The molecular weight excluding hydrogens is 562 g/mol. The highest BCUT2D eigenvalue weighted by molar-refractivity contribution is 7.92. The zero-order valence-corrected chi connectivity index (χ0v) is 23.4. The van der Waals surface area contributed by atoms with Gasteiger partial charge in [0, 0.05) is 23.0 Å². The fourth-order valence-corrected chi connectivity index (χ4v) is 8.79. The van der Waals surface area contributed by atoms with Crippen molar-refractivity contribution >= 4 is 33.0 Å². The molecule has 40 heavy (non-hydrogen) atoms. The number of nitrogens with zero attached hydrogens (tertiary/aromatic N) is 1. The lowest BCUT2D eigenvalue weighted by molar-refractivity contribution is -0.149. The van der Waals surface area contributed by atoms with Crippen LogP contribution in [0.5, 0.6) is 0 Å². The van der Waals surface area contributed by atoms with Crippen molar-refractivity contribution in [3.63, 3.8) is 0 Å². The van der Waals surface area contributed by atoms with E-state index in [-0.39, 0.29) is 39.9 Å². The number of aryl methyl sites for hydroxylation is 1. The van der Waals surface area contributed by atoms with Crippen molar-refractivity contribution in [3.05, 3.63) is 88.2 Å². The van der Waals surface area contributed by atoms with Gasteiger partial charge in [0.05, 0.1) is 20.9 Å². The zero-order valence-electron chi connectivity index (χ0n) is 21.8. The number of anilines is 1. The molecule has 0 aliphatic heterocycles. The van der Waals surface area contributed by atoms with Crippen molar-refractivity contribution in [2.75, 3.05) is 5.32 Å². The number of sulfone groups is 1. The average Bonchev–Trinajstić information content (AvgIpc) is 3.02. The molecule has 2 bridgehead atoms. The topological polar surface area (TPSA) is 117 Å². The predicted molar refractivity (Wildman–Crippen MR) is 146 cm³/mol. The molecule has 0 saturated heterocycles. The first-order valence-corrected chi connectivity index (χ1v) is 14.9. The Hall–Kier alpha value is -2.92. The third-order valence-corrected chi connectivity index (χ3v) is 11.1. The predicted octanol–water partition coefficient (Wildman–Crippen LogP) is 5.25. The monoisotopic (exact) mass is 590 g/mol. The molecule has 212 valence electrons. The van der Waals surface area contributed by atoms with E-state index in [1.165, 1.54) is 24.3 Å². The van der Waals surface area contributed by atoms with Gasteiger partial charge in [-0.3, -0.25) is 9.78 Å². The van der Waals surface area contributed by atoms with Gasteiger partial charge in [-0.15, -0.1) is 0 Å². The molecule has 7 nitrogen and oxygen atoms in total. The molecule has 2 aromatic carbocycles. The Kier molecular flexibility index (Phi) is 7.50. The molecule has 3 aromatic rings. The smallest absolute Gasteiger partial charge is 0.255 e. The SMILES string of the molecule is Cc1cccc(C(O)[C@@]2(O)C3CC(S(=O)(=O)c4cc(C(=O)Nc5ccc(F)c(F)c5)ccc4Cl)CC2[C@@H](C)C3)n1. The lowest BCUT2D eigenvalue weighted by Crippen LogP contribution is -2.52. The van der Waals surface area contributed by atoms with Crippen LogP contribution in [0.4, 0.5) is 14.5 Å². The van der Waals surface area contributed by atoms with Gasteiger partial charge >= 0.3 is 0 Å². The maximum atomic E-state index is 13.9. The summed E-state index contributed by atoms with van der Waals surface area (Å²) >= 11 is 6.32. The molecule has 3 N–H and O–H groups in total. The Morgan fingerprint density at radius 2 is 1.85 bits per heavy atom. The number of carbonyl (C=O) groups is 1. The lowest BCUT2D eigenvalue weighted by atomic mass is 9.69. The quantitative estimate of drug-likeness (QED) is 0.361. The van der Waals surface area contributed by atoms with Crippen LogP contribution in [0.15, 0.2) is 59.5 Å². The molecule has 1 aromatic heterocycles. The number of amides is 1. The first-order chi connectivity index (χ1) is 18.8. The Balaban J connectivity index is 1.41. The number of pyridine rings is 1. The van der Waals surface area contributed by atoms with E-state index in [0.29, 0.717) is 17.8 Å². The van der Waals surface area contributed by atoms with Gasteiger partial charge in [-0.1, -0.05) is 24.6 Å². The van der Waals surface area contributed by atoms with E-state index >= 15 is 0 Å². The van der Waals surface area contributed by atoms with E-state index in [1.807, 2.05) is 6.92 Å². The fourth-order valence-electron chi connectivity index (χ4n) is 6.42. The number of aromatic nitrogens is 1. The molecule has 0 spiro atoms. The van der Waals surface area contributed by atoms with Gasteiger partial charge in [0.1, 0.15) is 11.7 Å². The van der Waals surface area contributed by atoms with E-state index in [2.05, 4.69) is 10.3 Å². The van der Waals surface area contributed by atoms with Gasteiger partial charge in [0.25, 0.3) is 5.91 Å². The summed E-state index contributed by atoms with van der Waals surface area (Å²) in [6.07, 6.45) is -0.533. The number of rotatable bonds is 6. The number of hydrogen-bond acceptors (Lipinski definition) is 6. The first-order valence-electron chi connectivity index (χ1n) is 13.0. The third-order valence-electron chi connectivity index (χ3n) is 8.40. The minimum Gasteiger partial charge on any atom is -0.386 e. The molecule has 1 heterocycles. The Morgan fingerprint density at radius 1 is 1.10 bits per heavy atom. The van der Waals surface area contributed by atoms with Crippen LogP contribution in [0.2, 0.25) is 5.02 Å². The Morgan fingerprint density at radius 3 is 2.52 bits per heavy atom. The van der Waals surface area contributed by atoms with Gasteiger partial charge in [0.2, 0.25) is 0 Å². The normalized spacial score (nSPS) is 26.9. The second-order valence-corrected chi connectivity index (χ2v) is 13.5. The molecule has 2 saturated carbocycles. The summed E-state index contributed by atoms with van der Waals surface area (Å²) in [6, 6.07) is 11.9. The van der Waals surface area contributed by atoms with Gasteiger partial charge < -0.3 is 15.5 Å². The summed E-state index contributed by atoms with van der Waals surface area (Å²) in [5.74, 6) is -3.98. The molecule has 6 atom stereocenters. The highest BCUT2D eigenvalue weighted by atomic mass is 35.5. The van der Waals surface area contributed by atoms with Gasteiger partial charge in [-0.05, 0) is 86.4 Å². The second-order valence-electron chi connectivity index (χ2n) is 10.9. The standard InChI is InChI=1S/C29H29ClF2N2O5S/c1-15-10-18-12-20(14-21(15)29(18,37)27(35)25-5-3-4-16(2)33-25)40(38,39)26-11-17(6-8-22(26)30)28(36)34-19-7-9-23(31)24(32)13-19/h3-9,11,13,15,18,20-21,27,35,37H,10,12,14H2,1-2H3,(H,34,36)/t15-,18?,20?,21?,27?,29+/m0/s1. The van der Waals surface area contributed by atoms with E-state index in [0.717, 1.165) is 12.1 Å². The molecule has 2 fully saturated rings. The van der Waals surface area contributed by atoms with Crippen molar-refractivity contribution in [1.29, 1.82) is 0 Å². The summed E-state index contributed by atoms with van der Waals surface area (Å²) < 4.78 is 54.6. The zero-order chi connectivity index (χ0) is 29.0. The number of nitrogens with one attached hydrogen (secondary N) is 1. The van der Waals surface area contributed by atoms with Crippen LogP contribution in [-0.2, 0) is 9.84 Å². The van der Waals surface area contributed by atoms with Crippen LogP contribution in [0.25, 0.3) is 0 Å². The van der Waals surface area contributed by atoms with E-state index in [4.69, 9.17) is 11.6 Å². The maximum absolute atomic E-state index is 13.9. The molecule has 2 aliphatic carbocycles. The number of carbonyl (C=O) groups excluding carboxylic acids is 1. The van der Waals surface area contributed by atoms with Crippen LogP contribution in [0.3, 0.4) is 0 Å². The molecule has 5 rings (SSSR count). The van der Waals surface area contributed by atoms with Gasteiger partial charge in [0.15, 0.2) is 21.5 Å². The fraction of sp³-hybridized carbons (Fsp3) is 0.379. The summed E-state index contributed by atoms with van der Waals surface area (Å²) in [5, 5.41) is 24.6. The van der Waals surface area contributed by atoms with Crippen molar-refractivity contribution < 1.29 is 32.2 Å². The van der Waals surface area contributed by atoms with Crippen LogP contribution < -0.4 is 5.32 Å². The van der Waals surface area contributed by atoms with Crippen molar-refractivity contribution in [1.82, 2.24) is 4.98 Å². The van der Waals surface area contributed by atoms with Crippen molar-refractivity contribution in [3.8, 4) is 0 Å². The number of benzene rings is 2. The summed E-state index contributed by atoms with van der Waals surface area (Å²) in [4.78, 5) is 17.0. The summed E-state index contributed by atoms with van der Waals surface area (Å²) in [7, 11) is -4.06. The Labute approximate surface area is 236 Å². The molecule has 4 unspecified atom stereocenters. The molecule has 2 aliphatic rings. The van der Waals surface area contributed by atoms with E-state index < -0.39 is 56.2 Å². The molecule has 1 amide bonds. The number of hydrogen-bond donors (Lipinski definition) is 3. The van der Waals surface area contributed by atoms with Gasteiger partial charge in [-0.25, -0.2) is 17.2 Å². The van der Waals surface area contributed by atoms with Crippen LogP contribution in [0.1, 0.15) is 54.0 Å². The number of fused-ring (bicyclic) bond motifs is 2. The van der Waals surface area contributed by atoms with Gasteiger partial charge in [-0.2, -0.15) is 0 Å². The van der Waals surface area contributed by atoms with E-state index in [1.54, 1.807) is 25.1 Å². The van der Waals surface area contributed by atoms with E-state index in [9.17, 15) is 32.2 Å². The second kappa shape index (κ2) is 10.5. The minimum atomic E-state index is -4.06. The summed E-state index contributed by atoms with van der Waals surface area (Å²) in [5.41, 5.74) is -0.530. The largest absolute Gasteiger partial charge is 0.386 e. The Bertz CT molecular complexity index is 1590. The van der Waals surface area contributed by atoms with Crippen molar-refractivity contribution in [2.24, 2.45) is 17.8 Å². The first kappa shape index (κ1) is 28.6. The molecule has 11 heteroatoms. The lowest BCUT2D eigenvalue weighted by Gasteiger charge is -2.45. The van der Waals surface area contributed by atoms with Crippen molar-refractivity contribution in [2.45, 2.75) is 55.0 Å². The van der Waals surface area contributed by atoms with Crippen LogP contribution in [-0.4, -0.2) is 40.4 Å². The minimum absolute atomic E-state index is 0.00189. The van der Waals surface area contributed by atoms with Crippen LogP contribution in [0, 0.1) is 36.3 Å². The highest BCUT2D eigenvalue weighted by Gasteiger charge is 2.62. The summed E-state index contributed by atoms with van der Waals surface area (Å²) in [6.45, 7) is 3.73. The number of aliphatic hydroxyl groups excluding tert-OH is 1. The molecule has 0 radical (unpaired) electrons. The average molecular weight is 591 g/mol. The number of halogens is 3. The maximum Gasteiger partial charge on any atom is 0.255 e. The third kappa shape index (κ3) is 4.91. The highest BCUT2D eigenvalue weighted by Crippen LogP contribution is 2.58.